The fourth-order valence-electron chi connectivity index (χ4n) is 3.56. The minimum Gasteiger partial charge on any atom is -0.744 e. The number of benzene rings is 2. The minimum atomic E-state index is -4.55. The fraction of sp³-hybridized carbons (Fsp3) is 0.474. The van der Waals surface area contributed by atoms with E-state index in [0.29, 0.717) is 10.9 Å². The molecule has 0 spiro atoms. The van der Waals surface area contributed by atoms with Crippen LogP contribution >= 0.6 is 0 Å². The second-order valence-electron chi connectivity index (χ2n) is 7.03. The maximum Gasteiger partial charge on any atom is 1.00 e. The summed E-state index contributed by atoms with van der Waals surface area (Å²) in [5.74, 6) is 0.362. The van der Waals surface area contributed by atoms with Crippen LogP contribution in [0.4, 0.5) is 0 Å². The summed E-state index contributed by atoms with van der Waals surface area (Å²) in [7, 11) is -4.55. The fourth-order valence-corrected chi connectivity index (χ4v) is 4.62. The van der Waals surface area contributed by atoms with Crippen LogP contribution in [0.5, 0.6) is 0 Å². The standard InChI is InChI=1S/C19H26O3S.Li/c1-11(2)16-14-9-7-8-10-15(14)19(23(20,21)22)18(13(5)6)17(16)12(3)4;/h7-13H,1-6H3,(H,20,21,22);/q;+1/p-1. The molecular formula is C19H25LiO3S. The predicted octanol–water partition coefficient (Wildman–Crippen LogP) is 2.12. The SMILES string of the molecule is CC(C)c1c(C(C)C)c(S(=O)(=O)[O-])c2ccccc2c1C(C)C.[Li+]. The van der Waals surface area contributed by atoms with Gasteiger partial charge in [0.25, 0.3) is 0 Å². The molecule has 0 aromatic heterocycles. The van der Waals surface area contributed by atoms with E-state index in [2.05, 4.69) is 27.7 Å². The van der Waals surface area contributed by atoms with Crippen LogP contribution in [0.25, 0.3) is 10.8 Å². The number of fused-ring (bicyclic) bond motifs is 1. The Labute approximate surface area is 157 Å². The predicted molar refractivity (Wildman–Crippen MR) is 94.2 cm³/mol. The summed E-state index contributed by atoms with van der Waals surface area (Å²) in [5, 5.41) is 1.43. The van der Waals surface area contributed by atoms with E-state index in [1.165, 1.54) is 0 Å². The van der Waals surface area contributed by atoms with Gasteiger partial charge < -0.3 is 4.55 Å². The molecule has 5 heteroatoms. The maximum absolute atomic E-state index is 12.1. The van der Waals surface area contributed by atoms with E-state index in [-0.39, 0.29) is 41.5 Å². The molecule has 0 bridgehead atoms. The van der Waals surface area contributed by atoms with Gasteiger partial charge in [0.2, 0.25) is 0 Å². The molecular weight excluding hydrogens is 315 g/mol. The van der Waals surface area contributed by atoms with Crippen LogP contribution in [0, 0.1) is 0 Å². The number of hydrogen-bond donors (Lipinski definition) is 0. The molecule has 0 aliphatic carbocycles. The molecule has 3 nitrogen and oxygen atoms in total. The molecule has 0 fully saturated rings. The first-order valence-corrected chi connectivity index (χ1v) is 9.52. The molecule has 0 saturated heterocycles. The Bertz CT molecular complexity index is 837. The first-order chi connectivity index (χ1) is 10.6. The van der Waals surface area contributed by atoms with Gasteiger partial charge in [0.15, 0.2) is 0 Å². The summed E-state index contributed by atoms with van der Waals surface area (Å²) in [6, 6.07) is 7.37. The van der Waals surface area contributed by atoms with Gasteiger partial charge in [-0.2, -0.15) is 0 Å². The van der Waals surface area contributed by atoms with Gasteiger partial charge in [0.05, 0.1) is 4.90 Å². The molecule has 24 heavy (non-hydrogen) atoms. The van der Waals surface area contributed by atoms with Gasteiger partial charge in [-0.25, -0.2) is 8.42 Å². The summed E-state index contributed by atoms with van der Waals surface area (Å²) < 4.78 is 36.2. The van der Waals surface area contributed by atoms with Gasteiger partial charge in [-0.1, -0.05) is 65.8 Å². The summed E-state index contributed by atoms with van der Waals surface area (Å²) in [4.78, 5) is -0.0313. The van der Waals surface area contributed by atoms with E-state index < -0.39 is 10.1 Å². The first kappa shape index (κ1) is 21.3. The van der Waals surface area contributed by atoms with Crippen molar-refractivity contribution in [3.63, 3.8) is 0 Å². The first-order valence-electron chi connectivity index (χ1n) is 8.11. The second-order valence-corrected chi connectivity index (χ2v) is 8.35. The van der Waals surface area contributed by atoms with Gasteiger partial charge in [-0.3, -0.25) is 0 Å². The monoisotopic (exact) mass is 340 g/mol. The smallest absolute Gasteiger partial charge is 0.744 e. The molecule has 0 N–H and O–H groups in total. The van der Waals surface area contributed by atoms with Gasteiger partial charge in [0, 0.05) is 0 Å². The number of hydrogen-bond acceptors (Lipinski definition) is 3. The van der Waals surface area contributed by atoms with Crippen molar-refractivity contribution in [2.45, 2.75) is 64.2 Å². The summed E-state index contributed by atoms with van der Waals surface area (Å²) in [6.07, 6.45) is 0. The second kappa shape index (κ2) is 7.62. The van der Waals surface area contributed by atoms with Crippen LogP contribution in [0.3, 0.4) is 0 Å². The molecule has 2 rings (SSSR count). The molecule has 0 atom stereocenters. The van der Waals surface area contributed by atoms with Crippen molar-refractivity contribution in [1.29, 1.82) is 0 Å². The molecule has 2 aromatic carbocycles. The van der Waals surface area contributed by atoms with Crippen LogP contribution in [0.2, 0.25) is 0 Å². The summed E-state index contributed by atoms with van der Waals surface area (Å²) >= 11 is 0. The van der Waals surface area contributed by atoms with Gasteiger partial charge in [0.1, 0.15) is 10.1 Å². The van der Waals surface area contributed by atoms with Crippen LogP contribution in [-0.2, 0) is 10.1 Å². The Balaban J connectivity index is 0.00000288. The Morgan fingerprint density at radius 1 is 0.750 bits per heavy atom. The zero-order chi connectivity index (χ0) is 17.5. The number of rotatable bonds is 4. The van der Waals surface area contributed by atoms with E-state index in [1.807, 2.05) is 26.0 Å². The van der Waals surface area contributed by atoms with E-state index in [4.69, 9.17) is 0 Å². The van der Waals surface area contributed by atoms with Crippen molar-refractivity contribution in [2.75, 3.05) is 0 Å². The molecule has 0 heterocycles. The van der Waals surface area contributed by atoms with E-state index in [0.717, 1.165) is 16.5 Å². The van der Waals surface area contributed by atoms with Gasteiger partial charge >= 0.3 is 18.9 Å². The van der Waals surface area contributed by atoms with Crippen LogP contribution in [0.15, 0.2) is 29.2 Å². The van der Waals surface area contributed by atoms with Crippen molar-refractivity contribution in [1.82, 2.24) is 0 Å². The van der Waals surface area contributed by atoms with Crippen molar-refractivity contribution < 1.29 is 31.8 Å². The third kappa shape index (κ3) is 3.73. The van der Waals surface area contributed by atoms with Crippen LogP contribution in [-0.4, -0.2) is 13.0 Å². The van der Waals surface area contributed by atoms with Crippen molar-refractivity contribution >= 4 is 20.9 Å². The van der Waals surface area contributed by atoms with Crippen LogP contribution < -0.4 is 18.9 Å². The zero-order valence-corrected chi connectivity index (χ0v) is 16.5. The average molecular weight is 340 g/mol. The van der Waals surface area contributed by atoms with Gasteiger partial charge in [-0.05, 0) is 45.2 Å². The third-order valence-corrected chi connectivity index (χ3v) is 5.21. The van der Waals surface area contributed by atoms with Crippen molar-refractivity contribution in [2.24, 2.45) is 0 Å². The molecule has 126 valence electrons. The van der Waals surface area contributed by atoms with E-state index in [9.17, 15) is 13.0 Å². The average Bonchev–Trinajstić information content (AvgIpc) is 2.42. The Kier molecular flexibility index (Phi) is 6.75. The molecule has 0 amide bonds. The largest absolute Gasteiger partial charge is 1.00 e. The van der Waals surface area contributed by atoms with Crippen molar-refractivity contribution in [3.05, 3.63) is 41.0 Å². The Hall–Kier alpha value is -0.793. The topological polar surface area (TPSA) is 57.2 Å². The van der Waals surface area contributed by atoms with Crippen molar-refractivity contribution in [3.8, 4) is 0 Å². The quantitative estimate of drug-likeness (QED) is 0.633. The molecule has 0 aliphatic rings. The molecule has 0 radical (unpaired) electrons. The molecule has 0 unspecified atom stereocenters. The molecule has 0 saturated carbocycles. The molecule has 0 aliphatic heterocycles. The van der Waals surface area contributed by atoms with E-state index in [1.54, 1.807) is 12.1 Å². The molecule has 2 aromatic rings. The Morgan fingerprint density at radius 3 is 1.54 bits per heavy atom. The van der Waals surface area contributed by atoms with Gasteiger partial charge in [-0.15, -0.1) is 0 Å². The summed E-state index contributed by atoms with van der Waals surface area (Å²) in [6.45, 7) is 12.3. The summed E-state index contributed by atoms with van der Waals surface area (Å²) in [5.41, 5.74) is 2.87. The normalized spacial score (nSPS) is 12.2. The zero-order valence-electron chi connectivity index (χ0n) is 15.7. The minimum absolute atomic E-state index is 0. The third-order valence-electron chi connectivity index (χ3n) is 4.27. The van der Waals surface area contributed by atoms with Crippen LogP contribution in [0.1, 0.15) is 76.0 Å². The Morgan fingerprint density at radius 2 is 1.17 bits per heavy atom. The maximum atomic E-state index is 12.1. The van der Waals surface area contributed by atoms with E-state index >= 15 is 0 Å².